The van der Waals surface area contributed by atoms with Crippen molar-refractivity contribution in [1.29, 1.82) is 0 Å². The topological polar surface area (TPSA) is 29.3 Å². The fraction of sp³-hybridized carbons (Fsp3) is 0.333. The molecule has 94 valence electrons. The number of hydrogen-bond acceptors (Lipinski definition) is 3. The van der Waals surface area contributed by atoms with Crippen LogP contribution < -0.4 is 10.6 Å². The van der Waals surface area contributed by atoms with Crippen molar-refractivity contribution in [2.45, 2.75) is 32.4 Å². The molecular formula is C15H18N2S. The van der Waals surface area contributed by atoms with Gasteiger partial charge in [-0.1, -0.05) is 6.07 Å². The summed E-state index contributed by atoms with van der Waals surface area (Å²) in [5, 5.41) is 4.37. The fourth-order valence-corrected chi connectivity index (χ4v) is 2.86. The normalized spacial score (nSPS) is 14.7. The molecule has 2 N–H and O–H groups in total. The average Bonchev–Trinajstić information content (AvgIpc) is 3.07. The number of anilines is 2. The van der Waals surface area contributed by atoms with Crippen LogP contribution in [0.5, 0.6) is 0 Å². The molecule has 0 radical (unpaired) electrons. The largest absolute Gasteiger partial charge is 0.398 e. The summed E-state index contributed by atoms with van der Waals surface area (Å²) in [5.41, 5.74) is 10.7. The van der Waals surface area contributed by atoms with Crippen LogP contribution in [0, 0.1) is 6.92 Å². The Morgan fingerprint density at radius 3 is 2.78 bits per heavy atom. The highest BCUT2D eigenvalue weighted by Crippen LogP contribution is 2.34. The third-order valence-electron chi connectivity index (χ3n) is 3.52. The van der Waals surface area contributed by atoms with Gasteiger partial charge in [-0.25, -0.2) is 0 Å². The molecule has 0 saturated heterocycles. The highest BCUT2D eigenvalue weighted by atomic mass is 32.1. The molecule has 0 amide bonds. The summed E-state index contributed by atoms with van der Waals surface area (Å²) in [6.07, 6.45) is 2.61. The lowest BCUT2D eigenvalue weighted by Crippen LogP contribution is -2.24. The van der Waals surface area contributed by atoms with E-state index in [0.29, 0.717) is 6.04 Å². The number of nitrogens with zero attached hydrogens (tertiary/aromatic N) is 1. The molecule has 3 rings (SSSR count). The van der Waals surface area contributed by atoms with Gasteiger partial charge in [-0.2, -0.15) is 11.3 Å². The van der Waals surface area contributed by atoms with Crippen LogP contribution in [0.15, 0.2) is 35.0 Å². The van der Waals surface area contributed by atoms with Crippen molar-refractivity contribution < 1.29 is 0 Å². The summed E-state index contributed by atoms with van der Waals surface area (Å²) in [6, 6.07) is 9.33. The highest BCUT2D eigenvalue weighted by Gasteiger charge is 2.29. The average molecular weight is 258 g/mol. The standard InChI is InChI=1S/C15H18N2S/c1-11-2-3-14(8-15(11)16)17(13-4-5-13)9-12-6-7-18-10-12/h2-3,6-8,10,13H,4-5,9,16H2,1H3. The Balaban J connectivity index is 1.86. The molecule has 1 aromatic heterocycles. The third kappa shape index (κ3) is 2.36. The predicted octanol–water partition coefficient (Wildman–Crippen LogP) is 3.81. The second-order valence-electron chi connectivity index (χ2n) is 5.03. The van der Waals surface area contributed by atoms with Gasteiger partial charge in [0.15, 0.2) is 0 Å². The molecule has 0 atom stereocenters. The number of hydrogen-bond donors (Lipinski definition) is 1. The van der Waals surface area contributed by atoms with Gasteiger partial charge >= 0.3 is 0 Å². The minimum absolute atomic E-state index is 0.701. The van der Waals surface area contributed by atoms with E-state index >= 15 is 0 Å². The van der Waals surface area contributed by atoms with Gasteiger partial charge in [-0.05, 0) is 59.9 Å². The van der Waals surface area contributed by atoms with Crippen LogP contribution in [0.3, 0.4) is 0 Å². The molecule has 1 saturated carbocycles. The van der Waals surface area contributed by atoms with Crippen LogP contribution in [-0.2, 0) is 6.54 Å². The first-order valence-corrected chi connectivity index (χ1v) is 7.32. The molecule has 0 unspecified atom stereocenters. The lowest BCUT2D eigenvalue weighted by Gasteiger charge is -2.25. The van der Waals surface area contributed by atoms with Crippen molar-refractivity contribution in [2.24, 2.45) is 0 Å². The summed E-state index contributed by atoms with van der Waals surface area (Å²) >= 11 is 1.76. The molecule has 1 heterocycles. The Morgan fingerprint density at radius 1 is 1.33 bits per heavy atom. The first-order chi connectivity index (χ1) is 8.74. The first-order valence-electron chi connectivity index (χ1n) is 6.38. The smallest absolute Gasteiger partial charge is 0.0440 e. The van der Waals surface area contributed by atoms with E-state index in [-0.39, 0.29) is 0 Å². The summed E-state index contributed by atoms with van der Waals surface area (Å²) in [6.45, 7) is 3.05. The minimum atomic E-state index is 0.701. The van der Waals surface area contributed by atoms with E-state index in [9.17, 15) is 0 Å². The molecule has 0 aliphatic heterocycles. The summed E-state index contributed by atoms with van der Waals surface area (Å²) in [4.78, 5) is 2.48. The maximum absolute atomic E-state index is 6.03. The van der Waals surface area contributed by atoms with Crippen LogP contribution in [0.1, 0.15) is 24.0 Å². The number of nitrogens with two attached hydrogens (primary N) is 1. The Hall–Kier alpha value is -1.48. The molecule has 18 heavy (non-hydrogen) atoms. The van der Waals surface area contributed by atoms with Crippen molar-refractivity contribution in [3.05, 3.63) is 46.2 Å². The van der Waals surface area contributed by atoms with Crippen LogP contribution in [0.4, 0.5) is 11.4 Å². The van der Waals surface area contributed by atoms with Crippen LogP contribution in [0.2, 0.25) is 0 Å². The molecule has 1 aromatic carbocycles. The monoisotopic (exact) mass is 258 g/mol. The van der Waals surface area contributed by atoms with Crippen molar-refractivity contribution in [1.82, 2.24) is 0 Å². The van der Waals surface area contributed by atoms with Crippen molar-refractivity contribution in [2.75, 3.05) is 10.6 Å². The molecular weight excluding hydrogens is 240 g/mol. The lowest BCUT2D eigenvalue weighted by molar-refractivity contribution is 0.797. The van der Waals surface area contributed by atoms with Gasteiger partial charge in [-0.3, -0.25) is 0 Å². The lowest BCUT2D eigenvalue weighted by atomic mass is 10.1. The molecule has 2 aromatic rings. The van der Waals surface area contributed by atoms with Gasteiger partial charge in [-0.15, -0.1) is 0 Å². The SMILES string of the molecule is Cc1ccc(N(Cc2ccsc2)C2CC2)cc1N. The number of thiophene rings is 1. The zero-order valence-electron chi connectivity index (χ0n) is 10.6. The first kappa shape index (κ1) is 11.6. The van der Waals surface area contributed by atoms with E-state index in [1.54, 1.807) is 11.3 Å². The molecule has 0 spiro atoms. The summed E-state index contributed by atoms with van der Waals surface area (Å²) in [5.74, 6) is 0. The summed E-state index contributed by atoms with van der Waals surface area (Å²) in [7, 11) is 0. The maximum atomic E-state index is 6.03. The van der Waals surface area contributed by atoms with E-state index in [0.717, 1.165) is 17.8 Å². The molecule has 1 aliphatic carbocycles. The highest BCUT2D eigenvalue weighted by molar-refractivity contribution is 7.07. The van der Waals surface area contributed by atoms with Crippen molar-refractivity contribution in [3.8, 4) is 0 Å². The zero-order chi connectivity index (χ0) is 12.5. The van der Waals surface area contributed by atoms with Crippen molar-refractivity contribution in [3.63, 3.8) is 0 Å². The predicted molar refractivity (Wildman–Crippen MR) is 79.1 cm³/mol. The van der Waals surface area contributed by atoms with Gasteiger partial charge in [0.1, 0.15) is 0 Å². The van der Waals surface area contributed by atoms with E-state index in [1.807, 2.05) is 0 Å². The van der Waals surface area contributed by atoms with Gasteiger partial charge < -0.3 is 10.6 Å². The van der Waals surface area contributed by atoms with Crippen molar-refractivity contribution >= 4 is 22.7 Å². The molecule has 3 heteroatoms. The van der Waals surface area contributed by atoms with E-state index in [2.05, 4.69) is 46.8 Å². The minimum Gasteiger partial charge on any atom is -0.398 e. The van der Waals surface area contributed by atoms with Crippen LogP contribution >= 0.6 is 11.3 Å². The van der Waals surface area contributed by atoms with E-state index in [1.165, 1.54) is 24.1 Å². The Bertz CT molecular complexity index is 529. The maximum Gasteiger partial charge on any atom is 0.0440 e. The fourth-order valence-electron chi connectivity index (χ4n) is 2.20. The number of aryl methyl sites for hydroxylation is 1. The number of rotatable bonds is 4. The number of nitrogen functional groups attached to an aromatic ring is 1. The summed E-state index contributed by atoms with van der Waals surface area (Å²) < 4.78 is 0. The van der Waals surface area contributed by atoms with E-state index in [4.69, 9.17) is 5.73 Å². The molecule has 1 aliphatic rings. The Morgan fingerprint density at radius 2 is 2.17 bits per heavy atom. The van der Waals surface area contributed by atoms with Gasteiger partial charge in [0.05, 0.1) is 0 Å². The molecule has 0 bridgehead atoms. The van der Waals surface area contributed by atoms with Gasteiger partial charge in [0.2, 0.25) is 0 Å². The Kier molecular flexibility index (Phi) is 3.00. The quantitative estimate of drug-likeness (QED) is 0.845. The Labute approximate surface area is 112 Å². The second kappa shape index (κ2) is 4.65. The zero-order valence-corrected chi connectivity index (χ0v) is 11.4. The van der Waals surface area contributed by atoms with E-state index < -0.39 is 0 Å². The third-order valence-corrected chi connectivity index (χ3v) is 4.25. The van der Waals surface area contributed by atoms with Gasteiger partial charge in [0, 0.05) is 24.0 Å². The van der Waals surface area contributed by atoms with Crippen LogP contribution in [-0.4, -0.2) is 6.04 Å². The molecule has 2 nitrogen and oxygen atoms in total. The second-order valence-corrected chi connectivity index (χ2v) is 5.81. The van der Waals surface area contributed by atoms with Gasteiger partial charge in [0.25, 0.3) is 0 Å². The number of benzene rings is 1. The molecule has 1 fully saturated rings. The van der Waals surface area contributed by atoms with Crippen LogP contribution in [0.25, 0.3) is 0 Å².